The van der Waals surface area contributed by atoms with E-state index in [1.807, 2.05) is 6.07 Å². The van der Waals surface area contributed by atoms with Gasteiger partial charge in [0.25, 0.3) is 0 Å². The van der Waals surface area contributed by atoms with Gasteiger partial charge in [0.2, 0.25) is 0 Å². The van der Waals surface area contributed by atoms with E-state index in [-0.39, 0.29) is 17.9 Å². The molecule has 0 aromatic heterocycles. The van der Waals surface area contributed by atoms with Crippen molar-refractivity contribution in [3.63, 3.8) is 0 Å². The predicted molar refractivity (Wildman–Crippen MR) is 113 cm³/mol. The molecule has 2 N–H and O–H groups in total. The van der Waals surface area contributed by atoms with Crippen molar-refractivity contribution in [3.05, 3.63) is 66.0 Å². The summed E-state index contributed by atoms with van der Waals surface area (Å²) < 4.78 is 13.4. The van der Waals surface area contributed by atoms with Crippen LogP contribution in [-0.4, -0.2) is 54.2 Å². The number of anilines is 1. The van der Waals surface area contributed by atoms with Crippen molar-refractivity contribution < 1.29 is 4.39 Å². The molecular weight excluding hydrogens is 359 g/mol. The fourth-order valence-corrected chi connectivity index (χ4v) is 3.89. The summed E-state index contributed by atoms with van der Waals surface area (Å²) in [5.74, 6) is -0.282. The number of halogens is 1. The van der Waals surface area contributed by atoms with E-state index in [4.69, 9.17) is 12.2 Å². The molecule has 2 unspecified atom stereocenters. The van der Waals surface area contributed by atoms with Crippen molar-refractivity contribution in [1.29, 1.82) is 0 Å². The van der Waals surface area contributed by atoms with Crippen molar-refractivity contribution in [2.24, 2.45) is 0 Å². The molecule has 4 nitrogen and oxygen atoms in total. The summed E-state index contributed by atoms with van der Waals surface area (Å²) in [6.45, 7) is 6.30. The predicted octanol–water partition coefficient (Wildman–Crippen LogP) is 3.49. The van der Waals surface area contributed by atoms with Crippen molar-refractivity contribution in [2.45, 2.75) is 19.0 Å². The topological polar surface area (TPSA) is 30.5 Å². The monoisotopic (exact) mass is 386 g/mol. The molecule has 0 spiro atoms. The Morgan fingerprint density at radius 2 is 1.74 bits per heavy atom. The molecule has 27 heavy (non-hydrogen) atoms. The third-order valence-corrected chi connectivity index (χ3v) is 5.21. The Morgan fingerprint density at radius 1 is 1.04 bits per heavy atom. The molecule has 2 aromatic carbocycles. The highest BCUT2D eigenvalue weighted by atomic mass is 32.1. The van der Waals surface area contributed by atoms with E-state index in [0.717, 1.165) is 26.2 Å². The van der Waals surface area contributed by atoms with Gasteiger partial charge in [0.1, 0.15) is 5.82 Å². The lowest BCUT2D eigenvalue weighted by Gasteiger charge is -2.41. The van der Waals surface area contributed by atoms with Crippen LogP contribution in [0.3, 0.4) is 0 Å². The Balaban J connectivity index is 1.70. The Kier molecular flexibility index (Phi) is 6.77. The Labute approximate surface area is 166 Å². The minimum Gasteiger partial charge on any atom is -0.358 e. The van der Waals surface area contributed by atoms with Crippen molar-refractivity contribution in [2.75, 3.05) is 38.5 Å². The summed E-state index contributed by atoms with van der Waals surface area (Å²) in [4.78, 5) is 4.87. The van der Waals surface area contributed by atoms with Crippen LogP contribution in [0.5, 0.6) is 0 Å². The number of benzene rings is 2. The van der Waals surface area contributed by atoms with Gasteiger partial charge in [0.05, 0.1) is 6.04 Å². The van der Waals surface area contributed by atoms with Gasteiger partial charge in [-0.05, 0) is 50.0 Å². The van der Waals surface area contributed by atoms with E-state index in [2.05, 4.69) is 58.7 Å². The first-order chi connectivity index (χ1) is 13.0. The lowest BCUT2D eigenvalue weighted by atomic mass is 9.98. The molecule has 2 aromatic rings. The highest BCUT2D eigenvalue weighted by Gasteiger charge is 2.28. The molecule has 1 saturated heterocycles. The third-order valence-electron chi connectivity index (χ3n) is 4.99. The molecular formula is C21H27FN4S. The third kappa shape index (κ3) is 5.48. The second kappa shape index (κ2) is 9.26. The van der Waals surface area contributed by atoms with Gasteiger partial charge in [-0.15, -0.1) is 0 Å². The van der Waals surface area contributed by atoms with Gasteiger partial charge in [-0.25, -0.2) is 4.39 Å². The molecule has 0 saturated carbocycles. The molecule has 1 fully saturated rings. The summed E-state index contributed by atoms with van der Waals surface area (Å²) in [5.41, 5.74) is 1.92. The number of nitrogens with one attached hydrogen (secondary N) is 2. The van der Waals surface area contributed by atoms with E-state index in [0.29, 0.717) is 10.8 Å². The second-order valence-electron chi connectivity index (χ2n) is 7.09. The Morgan fingerprint density at radius 3 is 2.41 bits per heavy atom. The van der Waals surface area contributed by atoms with Crippen molar-refractivity contribution in [3.8, 4) is 0 Å². The summed E-state index contributed by atoms with van der Waals surface area (Å²) in [6.07, 6.45) is 0. The van der Waals surface area contributed by atoms with Gasteiger partial charge in [-0.3, -0.25) is 4.90 Å². The average Bonchev–Trinajstić information content (AvgIpc) is 2.64. The Bertz CT molecular complexity index is 747. The maximum Gasteiger partial charge on any atom is 0.171 e. The lowest BCUT2D eigenvalue weighted by molar-refractivity contribution is 0.0973. The van der Waals surface area contributed by atoms with Gasteiger partial charge in [0.15, 0.2) is 5.11 Å². The first-order valence-electron chi connectivity index (χ1n) is 9.33. The van der Waals surface area contributed by atoms with Crippen LogP contribution in [0.25, 0.3) is 0 Å². The number of hydrogen-bond donors (Lipinski definition) is 2. The summed E-state index contributed by atoms with van der Waals surface area (Å²) >= 11 is 5.47. The lowest BCUT2D eigenvalue weighted by Crippen LogP contribution is -2.52. The van der Waals surface area contributed by atoms with Crippen LogP contribution in [0.2, 0.25) is 0 Å². The summed E-state index contributed by atoms with van der Waals surface area (Å²) in [5, 5.41) is 6.98. The smallest absolute Gasteiger partial charge is 0.171 e. The van der Waals surface area contributed by atoms with Gasteiger partial charge >= 0.3 is 0 Å². The molecule has 1 aliphatic rings. The van der Waals surface area contributed by atoms with Crippen LogP contribution in [0.15, 0.2) is 54.6 Å². The maximum absolute atomic E-state index is 13.4. The minimum atomic E-state index is -0.282. The molecule has 1 aliphatic heterocycles. The van der Waals surface area contributed by atoms with E-state index in [1.54, 1.807) is 12.1 Å². The van der Waals surface area contributed by atoms with E-state index < -0.39 is 0 Å². The van der Waals surface area contributed by atoms with Crippen LogP contribution in [0.4, 0.5) is 10.1 Å². The van der Waals surface area contributed by atoms with E-state index in [1.165, 1.54) is 17.7 Å². The summed E-state index contributed by atoms with van der Waals surface area (Å²) in [6, 6.07) is 17.2. The molecule has 144 valence electrons. The molecule has 3 rings (SSSR count). The standard InChI is InChI=1S/C21H27FN4S/c1-16(23-21(27)24-19-10-6-9-18(22)15-19)20(17-7-4-3-5-8-17)26-13-11-25(2)12-14-26/h3-10,15-16,20H,11-14H2,1-2H3,(H2,23,24,27). The van der Waals surface area contributed by atoms with Crippen LogP contribution in [-0.2, 0) is 0 Å². The average molecular weight is 387 g/mol. The number of hydrogen-bond acceptors (Lipinski definition) is 3. The largest absolute Gasteiger partial charge is 0.358 e. The molecule has 0 bridgehead atoms. The van der Waals surface area contributed by atoms with Crippen molar-refractivity contribution in [1.82, 2.24) is 15.1 Å². The molecule has 2 atom stereocenters. The zero-order valence-corrected chi connectivity index (χ0v) is 16.7. The molecule has 6 heteroatoms. The quantitative estimate of drug-likeness (QED) is 0.768. The maximum atomic E-state index is 13.4. The number of thiocarbonyl (C=S) groups is 1. The van der Waals surface area contributed by atoms with Crippen LogP contribution >= 0.6 is 12.2 Å². The fraction of sp³-hybridized carbons (Fsp3) is 0.381. The van der Waals surface area contributed by atoms with E-state index >= 15 is 0 Å². The van der Waals surface area contributed by atoms with Crippen LogP contribution in [0, 0.1) is 5.82 Å². The number of rotatable bonds is 5. The van der Waals surface area contributed by atoms with Gasteiger partial charge in [-0.1, -0.05) is 36.4 Å². The van der Waals surface area contributed by atoms with Crippen LogP contribution < -0.4 is 10.6 Å². The number of piperazine rings is 1. The normalized spacial score (nSPS) is 17.9. The van der Waals surface area contributed by atoms with Crippen LogP contribution in [0.1, 0.15) is 18.5 Å². The highest BCUT2D eigenvalue weighted by Crippen LogP contribution is 2.25. The molecule has 0 amide bonds. The van der Waals surface area contributed by atoms with Gasteiger partial charge in [-0.2, -0.15) is 0 Å². The zero-order chi connectivity index (χ0) is 19.2. The SMILES string of the molecule is CC(NC(=S)Nc1cccc(F)c1)C(c1ccccc1)N1CCN(C)CC1. The number of nitrogens with zero attached hydrogens (tertiary/aromatic N) is 2. The first kappa shape index (κ1) is 19.7. The van der Waals surface area contributed by atoms with Gasteiger partial charge in [0, 0.05) is 37.9 Å². The zero-order valence-electron chi connectivity index (χ0n) is 15.9. The molecule has 0 aliphatic carbocycles. The van der Waals surface area contributed by atoms with Gasteiger partial charge < -0.3 is 15.5 Å². The second-order valence-corrected chi connectivity index (χ2v) is 7.50. The molecule has 1 heterocycles. The Hall–Kier alpha value is -2.02. The minimum absolute atomic E-state index is 0.101. The van der Waals surface area contributed by atoms with Crippen molar-refractivity contribution >= 4 is 23.0 Å². The fourth-order valence-electron chi connectivity index (χ4n) is 3.59. The first-order valence-corrected chi connectivity index (χ1v) is 9.74. The summed E-state index contributed by atoms with van der Waals surface area (Å²) in [7, 11) is 2.16. The highest BCUT2D eigenvalue weighted by molar-refractivity contribution is 7.80. The van der Waals surface area contributed by atoms with E-state index in [9.17, 15) is 4.39 Å². The molecule has 0 radical (unpaired) electrons. The number of likely N-dealkylation sites (N-methyl/N-ethyl adjacent to an activating group) is 1.